The Hall–Kier alpha value is -2.33. The molecule has 1 heterocycles. The monoisotopic (exact) mass is 339 g/mol. The summed E-state index contributed by atoms with van der Waals surface area (Å²) in [7, 11) is 0. The van der Waals surface area contributed by atoms with Crippen LogP contribution in [0, 0.1) is 5.92 Å². The number of benzene rings is 2. The van der Waals surface area contributed by atoms with Gasteiger partial charge in [0.15, 0.2) is 0 Å². The van der Waals surface area contributed by atoms with Gasteiger partial charge in [-0.1, -0.05) is 38.1 Å². The molecule has 3 rings (SSSR count). The van der Waals surface area contributed by atoms with Crippen LogP contribution in [0.15, 0.2) is 48.5 Å². The lowest BCUT2D eigenvalue weighted by Gasteiger charge is -2.26. The van der Waals surface area contributed by atoms with Gasteiger partial charge in [-0.3, -0.25) is 4.79 Å². The first-order valence-corrected chi connectivity index (χ1v) is 8.84. The highest BCUT2D eigenvalue weighted by atomic mass is 16.5. The summed E-state index contributed by atoms with van der Waals surface area (Å²) in [4.78, 5) is 12.4. The van der Waals surface area contributed by atoms with Crippen LogP contribution in [-0.4, -0.2) is 25.7 Å². The van der Waals surface area contributed by atoms with Crippen molar-refractivity contribution in [2.45, 2.75) is 26.4 Å². The maximum absolute atomic E-state index is 12.4. The Morgan fingerprint density at radius 1 is 1.20 bits per heavy atom. The van der Waals surface area contributed by atoms with Crippen molar-refractivity contribution in [1.82, 2.24) is 5.32 Å². The van der Waals surface area contributed by atoms with Gasteiger partial charge in [0, 0.05) is 12.1 Å². The van der Waals surface area contributed by atoms with Gasteiger partial charge >= 0.3 is 0 Å². The van der Waals surface area contributed by atoms with E-state index < -0.39 is 0 Å². The van der Waals surface area contributed by atoms with Crippen molar-refractivity contribution in [3.63, 3.8) is 0 Å². The Morgan fingerprint density at radius 3 is 2.72 bits per heavy atom. The van der Waals surface area contributed by atoms with Crippen LogP contribution in [0.2, 0.25) is 0 Å². The number of rotatable bonds is 6. The first-order chi connectivity index (χ1) is 12.1. The van der Waals surface area contributed by atoms with Gasteiger partial charge in [-0.05, 0) is 47.7 Å². The molecule has 1 atom stereocenters. The Morgan fingerprint density at radius 2 is 1.96 bits per heavy atom. The molecule has 2 aromatic carbocycles. The average molecular weight is 339 g/mol. The molecule has 2 aromatic rings. The molecule has 4 heteroatoms. The Kier molecular flexibility index (Phi) is 5.71. The predicted octanol–water partition coefficient (Wildman–Crippen LogP) is 3.77. The fourth-order valence-corrected chi connectivity index (χ4v) is 2.90. The topological polar surface area (TPSA) is 47.6 Å². The summed E-state index contributed by atoms with van der Waals surface area (Å²) in [5.74, 6) is 1.17. The van der Waals surface area contributed by atoms with Crippen molar-refractivity contribution in [2.24, 2.45) is 5.92 Å². The zero-order valence-corrected chi connectivity index (χ0v) is 14.8. The van der Waals surface area contributed by atoms with Crippen molar-refractivity contribution in [1.29, 1.82) is 0 Å². The number of ether oxygens (including phenoxy) is 2. The van der Waals surface area contributed by atoms with E-state index in [0.717, 1.165) is 12.2 Å². The van der Waals surface area contributed by atoms with Crippen LogP contribution in [0.25, 0.3) is 0 Å². The highest BCUT2D eigenvalue weighted by Crippen LogP contribution is 2.26. The number of carbonyl (C=O) groups excluding carboxylic acids is 1. The van der Waals surface area contributed by atoms with Crippen LogP contribution in [0.4, 0.5) is 0 Å². The molecule has 132 valence electrons. The maximum Gasteiger partial charge on any atom is 0.251 e. The van der Waals surface area contributed by atoms with Crippen molar-refractivity contribution in [2.75, 3.05) is 19.8 Å². The zero-order valence-electron chi connectivity index (χ0n) is 14.8. The molecule has 1 N–H and O–H groups in total. The Bertz CT molecular complexity index is 709. The maximum atomic E-state index is 12.4. The highest BCUT2D eigenvalue weighted by Gasteiger charge is 2.21. The fraction of sp³-hybridized carbons (Fsp3) is 0.381. The molecule has 0 radical (unpaired) electrons. The first-order valence-electron chi connectivity index (χ1n) is 8.84. The van der Waals surface area contributed by atoms with Crippen LogP contribution < -0.4 is 10.1 Å². The number of fused-ring (bicyclic) bond motifs is 1. The lowest BCUT2D eigenvalue weighted by Crippen LogP contribution is -2.31. The van der Waals surface area contributed by atoms with Crippen LogP contribution in [0.5, 0.6) is 5.75 Å². The van der Waals surface area contributed by atoms with Gasteiger partial charge < -0.3 is 14.8 Å². The van der Waals surface area contributed by atoms with E-state index in [4.69, 9.17) is 9.47 Å². The minimum Gasteiger partial charge on any atom is -0.493 e. The van der Waals surface area contributed by atoms with Crippen molar-refractivity contribution in [3.05, 3.63) is 65.2 Å². The Labute approximate surface area is 149 Å². The van der Waals surface area contributed by atoms with E-state index in [1.165, 1.54) is 11.1 Å². The summed E-state index contributed by atoms with van der Waals surface area (Å²) in [6.07, 6.45) is 0.848. The van der Waals surface area contributed by atoms with Crippen molar-refractivity contribution >= 4 is 5.91 Å². The van der Waals surface area contributed by atoms with Crippen LogP contribution in [-0.2, 0) is 11.2 Å². The molecule has 0 aliphatic carbocycles. The van der Waals surface area contributed by atoms with E-state index in [-0.39, 0.29) is 12.0 Å². The van der Waals surface area contributed by atoms with Gasteiger partial charge in [0.05, 0.1) is 13.2 Å². The molecule has 25 heavy (non-hydrogen) atoms. The van der Waals surface area contributed by atoms with Crippen molar-refractivity contribution < 1.29 is 14.3 Å². The second kappa shape index (κ2) is 8.17. The molecular formula is C21H25NO3. The first kappa shape index (κ1) is 17.5. The van der Waals surface area contributed by atoms with Gasteiger partial charge in [-0.25, -0.2) is 0 Å². The minimum absolute atomic E-state index is 0.0810. The second-order valence-corrected chi connectivity index (χ2v) is 6.75. The SMILES string of the molecule is CC(C)COc1ccc(C(=O)NC[C@H]2OCCc3ccccc32)cc1. The lowest BCUT2D eigenvalue weighted by atomic mass is 9.97. The van der Waals surface area contributed by atoms with Crippen molar-refractivity contribution in [3.8, 4) is 5.75 Å². The highest BCUT2D eigenvalue weighted by molar-refractivity contribution is 5.94. The lowest BCUT2D eigenvalue weighted by molar-refractivity contribution is 0.0411. The zero-order chi connectivity index (χ0) is 17.6. The van der Waals surface area contributed by atoms with Gasteiger partial charge in [-0.2, -0.15) is 0 Å². The second-order valence-electron chi connectivity index (χ2n) is 6.75. The molecule has 0 fully saturated rings. The molecule has 4 nitrogen and oxygen atoms in total. The standard InChI is InChI=1S/C21H25NO3/c1-15(2)14-25-18-9-7-17(8-10-18)21(23)22-13-20-19-6-4-3-5-16(19)11-12-24-20/h3-10,15,20H,11-14H2,1-2H3,(H,22,23)/t20-/m1/s1. The van der Waals surface area contributed by atoms with Gasteiger partial charge in [-0.15, -0.1) is 0 Å². The van der Waals surface area contributed by atoms with E-state index in [1.54, 1.807) is 12.1 Å². The number of carbonyl (C=O) groups is 1. The summed E-state index contributed by atoms with van der Waals surface area (Å²) in [5, 5.41) is 2.97. The fourth-order valence-electron chi connectivity index (χ4n) is 2.90. The van der Waals surface area contributed by atoms with Crippen LogP contribution >= 0.6 is 0 Å². The van der Waals surface area contributed by atoms with E-state index in [0.29, 0.717) is 31.2 Å². The summed E-state index contributed by atoms with van der Waals surface area (Å²) in [5.41, 5.74) is 3.10. The quantitative estimate of drug-likeness (QED) is 0.871. The van der Waals surface area contributed by atoms with Crippen LogP contribution in [0.1, 0.15) is 41.4 Å². The third kappa shape index (κ3) is 4.60. The summed E-state index contributed by atoms with van der Waals surface area (Å²) >= 11 is 0. The summed E-state index contributed by atoms with van der Waals surface area (Å²) in [6, 6.07) is 15.5. The van der Waals surface area contributed by atoms with E-state index in [2.05, 4.69) is 31.3 Å². The number of amides is 1. The largest absolute Gasteiger partial charge is 0.493 e. The number of hydrogen-bond donors (Lipinski definition) is 1. The molecule has 1 amide bonds. The van der Waals surface area contributed by atoms with Gasteiger partial charge in [0.2, 0.25) is 0 Å². The average Bonchev–Trinajstić information content (AvgIpc) is 2.64. The molecule has 1 aliphatic rings. The van der Waals surface area contributed by atoms with Gasteiger partial charge in [0.1, 0.15) is 11.9 Å². The molecular weight excluding hydrogens is 314 g/mol. The Balaban J connectivity index is 1.56. The molecule has 1 aliphatic heterocycles. The molecule has 0 spiro atoms. The third-order valence-corrected chi connectivity index (χ3v) is 4.24. The molecule has 0 bridgehead atoms. The van der Waals surface area contributed by atoms with Crippen LogP contribution in [0.3, 0.4) is 0 Å². The predicted molar refractivity (Wildman–Crippen MR) is 97.9 cm³/mol. The number of hydrogen-bond acceptors (Lipinski definition) is 3. The number of nitrogens with one attached hydrogen (secondary N) is 1. The summed E-state index contributed by atoms with van der Waals surface area (Å²) < 4.78 is 11.5. The minimum atomic E-state index is -0.0953. The summed E-state index contributed by atoms with van der Waals surface area (Å²) in [6.45, 7) is 6.05. The molecule has 0 saturated carbocycles. The van der Waals surface area contributed by atoms with E-state index >= 15 is 0 Å². The smallest absolute Gasteiger partial charge is 0.251 e. The molecule has 0 saturated heterocycles. The third-order valence-electron chi connectivity index (χ3n) is 4.24. The normalized spacial score (nSPS) is 16.4. The molecule has 0 aromatic heterocycles. The van der Waals surface area contributed by atoms with E-state index in [9.17, 15) is 4.79 Å². The van der Waals surface area contributed by atoms with Gasteiger partial charge in [0.25, 0.3) is 5.91 Å². The molecule has 0 unspecified atom stereocenters. The van der Waals surface area contributed by atoms with E-state index in [1.807, 2.05) is 24.3 Å².